The van der Waals surface area contributed by atoms with Crippen LogP contribution in [0.15, 0.2) is 48.7 Å². The molecule has 2 aromatic heterocycles. The van der Waals surface area contributed by atoms with Crippen molar-refractivity contribution in [3.8, 4) is 29.0 Å². The van der Waals surface area contributed by atoms with E-state index in [2.05, 4.69) is 20.5 Å². The van der Waals surface area contributed by atoms with Gasteiger partial charge in [-0.25, -0.2) is 14.4 Å². The number of nitriles is 1. The molecule has 10 nitrogen and oxygen atoms in total. The van der Waals surface area contributed by atoms with Gasteiger partial charge >= 0.3 is 0 Å². The lowest BCUT2D eigenvalue weighted by atomic mass is 9.89. The Morgan fingerprint density at radius 1 is 1.32 bits per heavy atom. The highest BCUT2D eigenvalue weighted by atomic mass is 19.1. The number of anilines is 1. The van der Waals surface area contributed by atoms with Crippen molar-refractivity contribution in [3.63, 3.8) is 0 Å². The van der Waals surface area contributed by atoms with E-state index in [9.17, 15) is 14.4 Å². The fourth-order valence-corrected chi connectivity index (χ4v) is 5.68. The zero-order chi connectivity index (χ0) is 28.4. The van der Waals surface area contributed by atoms with E-state index in [0.29, 0.717) is 61.3 Å². The largest absolute Gasteiger partial charge is 0.487 e. The summed E-state index contributed by atoms with van der Waals surface area (Å²) in [6.45, 7) is 5.42. The summed E-state index contributed by atoms with van der Waals surface area (Å²) < 4.78 is 31.4. The van der Waals surface area contributed by atoms with Crippen molar-refractivity contribution in [3.05, 3.63) is 65.7 Å². The Bertz CT molecular complexity index is 1480. The summed E-state index contributed by atoms with van der Waals surface area (Å²) in [5, 5.41) is 15.7. The molecule has 3 saturated heterocycles. The van der Waals surface area contributed by atoms with Gasteiger partial charge in [-0.15, -0.1) is 0 Å². The van der Waals surface area contributed by atoms with Crippen LogP contribution in [0.25, 0.3) is 11.3 Å². The summed E-state index contributed by atoms with van der Waals surface area (Å²) in [6.07, 6.45) is 2.87. The minimum absolute atomic E-state index is 0.0433. The number of pyridine rings is 2. The van der Waals surface area contributed by atoms with Gasteiger partial charge in [0.25, 0.3) is 5.91 Å². The van der Waals surface area contributed by atoms with Gasteiger partial charge in [-0.05, 0) is 62.4 Å². The van der Waals surface area contributed by atoms with Crippen LogP contribution in [-0.4, -0.2) is 73.0 Å². The Balaban J connectivity index is 1.21. The van der Waals surface area contributed by atoms with Crippen molar-refractivity contribution in [2.45, 2.75) is 37.5 Å². The van der Waals surface area contributed by atoms with Crippen LogP contribution in [0.4, 0.5) is 10.1 Å². The maximum atomic E-state index is 13.5. The van der Waals surface area contributed by atoms with Crippen LogP contribution in [0.3, 0.4) is 0 Å². The molecule has 0 radical (unpaired) electrons. The second kappa shape index (κ2) is 11.3. The van der Waals surface area contributed by atoms with Crippen LogP contribution in [-0.2, 0) is 4.74 Å². The molecule has 6 rings (SSSR count). The van der Waals surface area contributed by atoms with Gasteiger partial charge in [0.05, 0.1) is 35.7 Å². The molecule has 3 aromatic rings. The van der Waals surface area contributed by atoms with E-state index in [4.69, 9.17) is 19.2 Å². The van der Waals surface area contributed by atoms with E-state index in [1.807, 2.05) is 37.3 Å². The Kier molecular flexibility index (Phi) is 7.43. The highest BCUT2D eigenvalue weighted by molar-refractivity contribution is 5.99. The van der Waals surface area contributed by atoms with E-state index in [1.165, 1.54) is 18.2 Å². The molecule has 212 valence electrons. The predicted octanol–water partition coefficient (Wildman–Crippen LogP) is 3.07. The van der Waals surface area contributed by atoms with Crippen LogP contribution in [0.2, 0.25) is 0 Å². The Morgan fingerprint density at radius 3 is 2.98 bits per heavy atom. The van der Waals surface area contributed by atoms with E-state index >= 15 is 0 Å². The molecular weight excluding hydrogens is 527 g/mol. The third-order valence-corrected chi connectivity index (χ3v) is 7.64. The van der Waals surface area contributed by atoms with Crippen molar-refractivity contribution in [1.29, 1.82) is 5.26 Å². The molecule has 41 heavy (non-hydrogen) atoms. The van der Waals surface area contributed by atoms with Gasteiger partial charge in [0.1, 0.15) is 29.3 Å². The molecule has 1 spiro atoms. The SMILES string of the molecule is CCOc1ncccc1-c1ccc(N2CC3(CC(Oc4ccc(F)cc4C#N)CO3)C2)c(C(=O)N[C@@H]2CCNC2)n1. The Hall–Kier alpha value is -4.27. The number of hydrogen-bond acceptors (Lipinski definition) is 9. The monoisotopic (exact) mass is 558 g/mol. The molecule has 0 aliphatic carbocycles. The number of carbonyl (C=O) groups excluding carboxylic acids is 1. The van der Waals surface area contributed by atoms with Gasteiger partial charge in [-0.3, -0.25) is 4.79 Å². The molecule has 2 N–H and O–H groups in total. The van der Waals surface area contributed by atoms with Crippen molar-refractivity contribution in [2.24, 2.45) is 0 Å². The molecule has 2 atom stereocenters. The number of amides is 1. The van der Waals surface area contributed by atoms with Gasteiger partial charge in [-0.1, -0.05) is 0 Å². The maximum Gasteiger partial charge on any atom is 0.272 e. The number of aromatic nitrogens is 2. The molecule has 1 unspecified atom stereocenters. The molecule has 3 aliphatic rings. The molecule has 11 heteroatoms. The average Bonchev–Trinajstić information content (AvgIpc) is 3.64. The van der Waals surface area contributed by atoms with Crippen molar-refractivity contribution in [1.82, 2.24) is 20.6 Å². The molecular formula is C30H31FN6O4. The molecule has 3 aliphatic heterocycles. The first-order valence-corrected chi connectivity index (χ1v) is 13.8. The number of carbonyl (C=O) groups is 1. The second-order valence-electron chi connectivity index (χ2n) is 10.6. The quantitative estimate of drug-likeness (QED) is 0.430. The van der Waals surface area contributed by atoms with Crippen LogP contribution in [0, 0.1) is 17.1 Å². The van der Waals surface area contributed by atoms with Crippen LogP contribution >= 0.6 is 0 Å². The van der Waals surface area contributed by atoms with Crippen LogP contribution in [0.1, 0.15) is 35.8 Å². The fourth-order valence-electron chi connectivity index (χ4n) is 5.68. The van der Waals surface area contributed by atoms with Crippen molar-refractivity contribution in [2.75, 3.05) is 44.3 Å². The summed E-state index contributed by atoms with van der Waals surface area (Å²) in [5.74, 6) is 0.101. The Labute approximate surface area is 237 Å². The summed E-state index contributed by atoms with van der Waals surface area (Å²) in [4.78, 5) is 24.8. The first kappa shape index (κ1) is 26.9. The van der Waals surface area contributed by atoms with Gasteiger partial charge in [-0.2, -0.15) is 5.26 Å². The van der Waals surface area contributed by atoms with Crippen LogP contribution < -0.4 is 25.0 Å². The lowest BCUT2D eigenvalue weighted by Gasteiger charge is -2.48. The number of halogens is 1. The molecule has 3 fully saturated rings. The molecule has 0 saturated carbocycles. The molecule has 1 amide bonds. The minimum atomic E-state index is -0.482. The summed E-state index contributed by atoms with van der Waals surface area (Å²) >= 11 is 0. The van der Waals surface area contributed by atoms with Crippen LogP contribution in [0.5, 0.6) is 11.6 Å². The van der Waals surface area contributed by atoms with Gasteiger partial charge in [0, 0.05) is 38.3 Å². The van der Waals surface area contributed by atoms with Crippen molar-refractivity contribution < 1.29 is 23.4 Å². The zero-order valence-electron chi connectivity index (χ0n) is 22.7. The maximum absolute atomic E-state index is 13.5. The lowest BCUT2D eigenvalue weighted by Crippen LogP contribution is -2.62. The number of hydrogen-bond donors (Lipinski definition) is 2. The zero-order valence-corrected chi connectivity index (χ0v) is 22.7. The number of benzene rings is 1. The number of nitrogens with one attached hydrogen (secondary N) is 2. The minimum Gasteiger partial charge on any atom is -0.487 e. The van der Waals surface area contributed by atoms with E-state index < -0.39 is 11.4 Å². The fraction of sp³-hybridized carbons (Fsp3) is 0.400. The number of nitrogens with zero attached hydrogens (tertiary/aromatic N) is 4. The topological polar surface area (TPSA) is 122 Å². The second-order valence-corrected chi connectivity index (χ2v) is 10.6. The third kappa shape index (κ3) is 5.53. The summed E-state index contributed by atoms with van der Waals surface area (Å²) in [5.41, 5.74) is 2.10. The van der Waals surface area contributed by atoms with E-state index in [0.717, 1.165) is 25.2 Å². The van der Waals surface area contributed by atoms with E-state index in [-0.39, 0.29) is 23.6 Å². The molecule has 0 bridgehead atoms. The first-order valence-electron chi connectivity index (χ1n) is 13.8. The normalized spacial score (nSPS) is 20.9. The highest BCUT2D eigenvalue weighted by Crippen LogP contribution is 2.41. The summed E-state index contributed by atoms with van der Waals surface area (Å²) in [6, 6.07) is 13.4. The predicted molar refractivity (Wildman–Crippen MR) is 148 cm³/mol. The average molecular weight is 559 g/mol. The molecule has 5 heterocycles. The number of ether oxygens (including phenoxy) is 3. The standard InChI is InChI=1S/C30H31FN6O4/c1-2-39-29-23(4-3-10-34-29)24-6-7-25(27(36-24)28(38)35-21-9-11-33-15-21)37-17-30(18-37)13-22(16-40-30)41-26-8-5-20(31)12-19(26)14-32/h3-8,10,12,21-22,33H,2,9,11,13,15-18H2,1H3,(H,35,38)/t21-,22?/m1/s1. The molecule has 1 aromatic carbocycles. The van der Waals surface area contributed by atoms with Gasteiger partial charge in [0.15, 0.2) is 5.69 Å². The third-order valence-electron chi connectivity index (χ3n) is 7.64. The van der Waals surface area contributed by atoms with Gasteiger partial charge < -0.3 is 29.7 Å². The van der Waals surface area contributed by atoms with Crippen molar-refractivity contribution >= 4 is 11.6 Å². The first-order chi connectivity index (χ1) is 20.0. The Morgan fingerprint density at radius 2 is 2.20 bits per heavy atom. The van der Waals surface area contributed by atoms with E-state index in [1.54, 1.807) is 6.20 Å². The summed E-state index contributed by atoms with van der Waals surface area (Å²) in [7, 11) is 0. The number of rotatable bonds is 8. The smallest absolute Gasteiger partial charge is 0.272 e. The van der Waals surface area contributed by atoms with Gasteiger partial charge in [0.2, 0.25) is 5.88 Å². The highest BCUT2D eigenvalue weighted by Gasteiger charge is 2.51. The lowest BCUT2D eigenvalue weighted by molar-refractivity contribution is -0.0196.